The van der Waals surface area contributed by atoms with Crippen LogP contribution in [0, 0.1) is 0 Å². The van der Waals surface area contributed by atoms with E-state index in [4.69, 9.17) is 4.74 Å². The van der Waals surface area contributed by atoms with E-state index in [0.717, 1.165) is 13.0 Å². The minimum atomic E-state index is -0.0403. The van der Waals surface area contributed by atoms with E-state index >= 15 is 0 Å². The lowest BCUT2D eigenvalue weighted by atomic mass is 9.73. The van der Waals surface area contributed by atoms with E-state index < -0.39 is 0 Å². The first-order valence-electron chi connectivity index (χ1n) is 6.70. The van der Waals surface area contributed by atoms with Crippen LogP contribution in [0.25, 0.3) is 0 Å². The summed E-state index contributed by atoms with van der Waals surface area (Å²) in [7, 11) is 0. The molecule has 0 amide bonds. The highest BCUT2D eigenvalue weighted by Gasteiger charge is 2.41. The van der Waals surface area contributed by atoms with Crippen LogP contribution in [0.1, 0.15) is 17.5 Å². The van der Waals surface area contributed by atoms with Crippen LogP contribution in [0.3, 0.4) is 0 Å². The van der Waals surface area contributed by atoms with Gasteiger partial charge in [-0.3, -0.25) is 0 Å². The molecule has 1 heteroatoms. The second kappa shape index (κ2) is 5.02. The number of ether oxygens (including phenoxy) is 1. The van der Waals surface area contributed by atoms with Crippen LogP contribution in [0.4, 0.5) is 0 Å². The minimum Gasteiger partial charge on any atom is -0.373 e. The lowest BCUT2D eigenvalue weighted by Crippen LogP contribution is -2.28. The summed E-state index contributed by atoms with van der Waals surface area (Å²) in [5.74, 6) is 0. The Kier molecular flexibility index (Phi) is 3.22. The van der Waals surface area contributed by atoms with Gasteiger partial charge in [0.1, 0.15) is 0 Å². The van der Waals surface area contributed by atoms with Crippen molar-refractivity contribution in [2.75, 3.05) is 6.61 Å². The molecule has 1 aliphatic heterocycles. The number of benzene rings is 2. The van der Waals surface area contributed by atoms with Crippen molar-refractivity contribution in [3.05, 3.63) is 84.4 Å². The third-order valence-corrected chi connectivity index (χ3v) is 4.01. The summed E-state index contributed by atoms with van der Waals surface area (Å²) in [5, 5.41) is 0. The van der Waals surface area contributed by atoms with E-state index in [0.29, 0.717) is 0 Å². The lowest BCUT2D eigenvalue weighted by molar-refractivity contribution is 0.138. The summed E-state index contributed by atoms with van der Waals surface area (Å²) in [4.78, 5) is 0. The van der Waals surface area contributed by atoms with Crippen molar-refractivity contribution in [1.82, 2.24) is 0 Å². The maximum absolute atomic E-state index is 5.91. The molecule has 3 rings (SSSR count). The maximum atomic E-state index is 5.91. The highest BCUT2D eigenvalue weighted by Crippen LogP contribution is 2.42. The lowest BCUT2D eigenvalue weighted by Gasteiger charge is -2.29. The zero-order chi connectivity index (χ0) is 13.1. The van der Waals surface area contributed by atoms with Crippen LogP contribution in [-0.4, -0.2) is 12.7 Å². The quantitative estimate of drug-likeness (QED) is 0.749. The molecule has 19 heavy (non-hydrogen) atoms. The first-order chi connectivity index (χ1) is 9.35. The molecule has 0 saturated carbocycles. The molecule has 2 aromatic carbocycles. The Balaban J connectivity index is 2.10. The zero-order valence-electron chi connectivity index (χ0n) is 11.0. The molecule has 0 aliphatic carbocycles. The second-order valence-electron chi connectivity index (χ2n) is 5.10. The van der Waals surface area contributed by atoms with Gasteiger partial charge >= 0.3 is 0 Å². The third kappa shape index (κ3) is 2.11. The van der Waals surface area contributed by atoms with Crippen molar-refractivity contribution in [3.8, 4) is 0 Å². The molecule has 1 fully saturated rings. The van der Waals surface area contributed by atoms with Crippen LogP contribution >= 0.6 is 0 Å². The predicted molar refractivity (Wildman–Crippen MR) is 78.2 cm³/mol. The van der Waals surface area contributed by atoms with Crippen molar-refractivity contribution < 1.29 is 4.74 Å². The summed E-state index contributed by atoms with van der Waals surface area (Å²) in [6, 6.07) is 21.3. The molecule has 0 bridgehead atoms. The molecule has 0 unspecified atom stereocenters. The Morgan fingerprint density at radius 3 is 1.89 bits per heavy atom. The average Bonchev–Trinajstić information content (AvgIpc) is 2.95. The van der Waals surface area contributed by atoms with Gasteiger partial charge in [-0.05, 0) is 17.5 Å². The van der Waals surface area contributed by atoms with Crippen LogP contribution < -0.4 is 0 Å². The Morgan fingerprint density at radius 2 is 1.47 bits per heavy atom. The van der Waals surface area contributed by atoms with Gasteiger partial charge in [0.25, 0.3) is 0 Å². The van der Waals surface area contributed by atoms with Crippen LogP contribution in [0.15, 0.2) is 73.3 Å². The first-order valence-corrected chi connectivity index (χ1v) is 6.70. The summed E-state index contributed by atoms with van der Waals surface area (Å²) < 4.78 is 5.91. The molecular weight excluding hydrogens is 232 g/mol. The Morgan fingerprint density at radius 1 is 0.947 bits per heavy atom. The molecule has 1 nitrogen and oxygen atoms in total. The van der Waals surface area contributed by atoms with Gasteiger partial charge in [0.15, 0.2) is 0 Å². The Labute approximate surface area is 114 Å². The predicted octanol–water partition coefficient (Wildman–Crippen LogP) is 3.95. The van der Waals surface area contributed by atoms with Gasteiger partial charge in [0.05, 0.1) is 12.7 Å². The van der Waals surface area contributed by atoms with Crippen LogP contribution in [0.2, 0.25) is 0 Å². The molecule has 0 N–H and O–H groups in total. The fraction of sp³-hybridized carbons (Fsp3) is 0.222. The summed E-state index contributed by atoms with van der Waals surface area (Å²) in [6.45, 7) is 4.59. The van der Waals surface area contributed by atoms with Gasteiger partial charge < -0.3 is 4.74 Å². The van der Waals surface area contributed by atoms with E-state index in [2.05, 4.69) is 67.2 Å². The molecule has 1 aliphatic rings. The van der Waals surface area contributed by atoms with Crippen LogP contribution in [-0.2, 0) is 10.2 Å². The summed E-state index contributed by atoms with van der Waals surface area (Å²) >= 11 is 0. The molecular formula is C18H18O. The summed E-state index contributed by atoms with van der Waals surface area (Å²) in [6.07, 6.45) is 3.01. The maximum Gasteiger partial charge on any atom is 0.0766 e. The molecule has 1 atom stereocenters. The van der Waals surface area contributed by atoms with Crippen molar-refractivity contribution in [2.45, 2.75) is 17.9 Å². The normalized spacial score (nSPS) is 21.2. The highest BCUT2D eigenvalue weighted by atomic mass is 16.5. The highest BCUT2D eigenvalue weighted by molar-refractivity contribution is 5.41. The average molecular weight is 250 g/mol. The first kappa shape index (κ1) is 12.2. The van der Waals surface area contributed by atoms with Crippen molar-refractivity contribution >= 4 is 0 Å². The van der Waals surface area contributed by atoms with Gasteiger partial charge in [-0.2, -0.15) is 0 Å². The van der Waals surface area contributed by atoms with Gasteiger partial charge in [-0.25, -0.2) is 0 Å². The van der Waals surface area contributed by atoms with Gasteiger partial charge in [0, 0.05) is 5.41 Å². The fourth-order valence-electron chi connectivity index (χ4n) is 2.95. The summed E-state index contributed by atoms with van der Waals surface area (Å²) in [5.41, 5.74) is 2.61. The Bertz CT molecular complexity index is 505. The second-order valence-corrected chi connectivity index (χ2v) is 5.10. The van der Waals surface area contributed by atoms with E-state index in [1.54, 1.807) is 0 Å². The molecule has 1 saturated heterocycles. The van der Waals surface area contributed by atoms with E-state index in [1.165, 1.54) is 11.1 Å². The molecule has 0 spiro atoms. The standard InChI is InChI=1S/C18H18O/c1-2-17-13-18(14-19-17,15-9-5-3-6-10-15)16-11-7-4-8-12-16/h2-12,17H,1,13-14H2/t17-/m0/s1. The molecule has 2 aromatic rings. The largest absolute Gasteiger partial charge is 0.373 e. The SMILES string of the molecule is C=C[C@H]1CC(c2ccccc2)(c2ccccc2)CO1. The topological polar surface area (TPSA) is 9.23 Å². The van der Waals surface area contributed by atoms with E-state index in [1.807, 2.05) is 6.08 Å². The number of hydrogen-bond donors (Lipinski definition) is 0. The smallest absolute Gasteiger partial charge is 0.0766 e. The van der Waals surface area contributed by atoms with E-state index in [9.17, 15) is 0 Å². The van der Waals surface area contributed by atoms with Gasteiger partial charge in [-0.15, -0.1) is 6.58 Å². The molecule has 0 aromatic heterocycles. The zero-order valence-corrected chi connectivity index (χ0v) is 11.0. The molecule has 1 heterocycles. The number of hydrogen-bond acceptors (Lipinski definition) is 1. The van der Waals surface area contributed by atoms with E-state index in [-0.39, 0.29) is 11.5 Å². The molecule has 0 radical (unpaired) electrons. The van der Waals surface area contributed by atoms with Gasteiger partial charge in [-0.1, -0.05) is 66.7 Å². The third-order valence-electron chi connectivity index (χ3n) is 4.01. The monoisotopic (exact) mass is 250 g/mol. The van der Waals surface area contributed by atoms with Crippen molar-refractivity contribution in [3.63, 3.8) is 0 Å². The molecule has 96 valence electrons. The fourth-order valence-corrected chi connectivity index (χ4v) is 2.95. The minimum absolute atomic E-state index is 0.0403. The number of rotatable bonds is 3. The Hall–Kier alpha value is -1.86. The van der Waals surface area contributed by atoms with Crippen LogP contribution in [0.5, 0.6) is 0 Å². The van der Waals surface area contributed by atoms with Gasteiger partial charge in [0.2, 0.25) is 0 Å². The van der Waals surface area contributed by atoms with Crippen molar-refractivity contribution in [1.29, 1.82) is 0 Å². The van der Waals surface area contributed by atoms with Crippen molar-refractivity contribution in [2.24, 2.45) is 0 Å².